The molecule has 20 heavy (non-hydrogen) atoms. The highest BCUT2D eigenvalue weighted by atomic mass is 79.9. The Labute approximate surface area is 133 Å². The van der Waals surface area contributed by atoms with Gasteiger partial charge >= 0.3 is 0 Å². The summed E-state index contributed by atoms with van der Waals surface area (Å²) in [6.07, 6.45) is 0.857. The molecule has 0 unspecified atom stereocenters. The van der Waals surface area contributed by atoms with Crippen LogP contribution in [0, 0.1) is 6.92 Å². The first-order chi connectivity index (χ1) is 9.56. The number of benzene rings is 1. The highest BCUT2D eigenvalue weighted by Crippen LogP contribution is 2.24. The second kappa shape index (κ2) is 6.64. The molecule has 108 valence electrons. The molecule has 0 saturated heterocycles. The molecule has 0 fully saturated rings. The summed E-state index contributed by atoms with van der Waals surface area (Å²) in [5, 5.41) is 8.73. The summed E-state index contributed by atoms with van der Waals surface area (Å²) in [6, 6.07) is 6.22. The van der Waals surface area contributed by atoms with E-state index in [2.05, 4.69) is 59.2 Å². The zero-order valence-corrected chi connectivity index (χ0v) is 14.3. The minimum Gasteiger partial charge on any atom is -0.379 e. The number of hydrogen-bond donors (Lipinski definition) is 1. The molecule has 3 nitrogen and oxygen atoms in total. The second-order valence-corrected chi connectivity index (χ2v) is 5.93. The Morgan fingerprint density at radius 1 is 1.35 bits per heavy atom. The van der Waals surface area contributed by atoms with Gasteiger partial charge in [-0.05, 0) is 44.0 Å². The van der Waals surface area contributed by atoms with Gasteiger partial charge in [-0.25, -0.2) is 0 Å². The number of halogens is 2. The van der Waals surface area contributed by atoms with Gasteiger partial charge in [0.25, 0.3) is 0 Å². The maximum atomic E-state index is 6.40. The van der Waals surface area contributed by atoms with Crippen LogP contribution in [0.15, 0.2) is 22.7 Å². The number of nitrogens with zero attached hydrogens (tertiary/aromatic N) is 2. The molecule has 5 heteroatoms. The monoisotopic (exact) mass is 355 g/mol. The zero-order chi connectivity index (χ0) is 14.7. The van der Waals surface area contributed by atoms with Crippen molar-refractivity contribution in [1.29, 1.82) is 0 Å². The van der Waals surface area contributed by atoms with Gasteiger partial charge in [-0.1, -0.05) is 34.5 Å². The van der Waals surface area contributed by atoms with E-state index in [9.17, 15) is 0 Å². The fourth-order valence-electron chi connectivity index (χ4n) is 2.13. The SMILES string of the molecule is CCc1nn(CC)c(CNc2ccc(Br)c(C)c2)c1Cl. The molecule has 0 saturated carbocycles. The summed E-state index contributed by atoms with van der Waals surface area (Å²) < 4.78 is 3.09. The average Bonchev–Trinajstić information content (AvgIpc) is 2.76. The quantitative estimate of drug-likeness (QED) is 0.834. The van der Waals surface area contributed by atoms with Crippen molar-refractivity contribution in [3.63, 3.8) is 0 Å². The van der Waals surface area contributed by atoms with Crippen molar-refractivity contribution in [3.8, 4) is 0 Å². The first-order valence-corrected chi connectivity index (χ1v) is 7.98. The van der Waals surface area contributed by atoms with Crippen molar-refractivity contribution in [3.05, 3.63) is 44.6 Å². The van der Waals surface area contributed by atoms with E-state index < -0.39 is 0 Å². The Balaban J connectivity index is 2.17. The lowest BCUT2D eigenvalue weighted by molar-refractivity contribution is 0.619. The Hall–Kier alpha value is -1.000. The van der Waals surface area contributed by atoms with Gasteiger partial charge in [0.2, 0.25) is 0 Å². The van der Waals surface area contributed by atoms with E-state index in [-0.39, 0.29) is 0 Å². The molecule has 0 spiro atoms. The molecule has 1 aromatic carbocycles. The second-order valence-electron chi connectivity index (χ2n) is 4.69. The van der Waals surface area contributed by atoms with Gasteiger partial charge in [0.05, 0.1) is 23.0 Å². The van der Waals surface area contributed by atoms with Gasteiger partial charge in [0.15, 0.2) is 0 Å². The normalized spacial score (nSPS) is 10.8. The topological polar surface area (TPSA) is 29.9 Å². The van der Waals surface area contributed by atoms with E-state index in [1.807, 2.05) is 10.7 Å². The molecule has 1 N–H and O–H groups in total. The van der Waals surface area contributed by atoms with Crippen LogP contribution in [0.5, 0.6) is 0 Å². The summed E-state index contributed by atoms with van der Waals surface area (Å²) in [7, 11) is 0. The molecule has 0 aliphatic rings. The molecule has 2 rings (SSSR count). The van der Waals surface area contributed by atoms with E-state index in [0.29, 0.717) is 6.54 Å². The molecule has 1 heterocycles. The molecule has 0 radical (unpaired) electrons. The smallest absolute Gasteiger partial charge is 0.0868 e. The molecular weight excluding hydrogens is 338 g/mol. The Bertz CT molecular complexity index is 607. The van der Waals surface area contributed by atoms with E-state index in [4.69, 9.17) is 11.6 Å². The maximum absolute atomic E-state index is 6.40. The summed E-state index contributed by atoms with van der Waals surface area (Å²) in [4.78, 5) is 0. The Kier molecular flexibility index (Phi) is 5.11. The number of rotatable bonds is 5. The van der Waals surface area contributed by atoms with E-state index in [1.165, 1.54) is 5.56 Å². The van der Waals surface area contributed by atoms with Crippen molar-refractivity contribution >= 4 is 33.2 Å². The van der Waals surface area contributed by atoms with Crippen molar-refractivity contribution in [2.45, 2.75) is 40.3 Å². The van der Waals surface area contributed by atoms with Crippen molar-refractivity contribution in [1.82, 2.24) is 9.78 Å². The molecule has 0 bridgehead atoms. The van der Waals surface area contributed by atoms with Crippen molar-refractivity contribution < 1.29 is 0 Å². The predicted molar refractivity (Wildman–Crippen MR) is 88.5 cm³/mol. The van der Waals surface area contributed by atoms with Crippen LogP contribution in [-0.2, 0) is 19.5 Å². The molecule has 1 aromatic heterocycles. The maximum Gasteiger partial charge on any atom is 0.0868 e. The number of aryl methyl sites for hydroxylation is 3. The third-order valence-electron chi connectivity index (χ3n) is 3.31. The Morgan fingerprint density at radius 2 is 2.10 bits per heavy atom. The number of anilines is 1. The summed E-state index contributed by atoms with van der Waals surface area (Å²) in [6.45, 7) is 7.74. The first kappa shape index (κ1) is 15.4. The first-order valence-electron chi connectivity index (χ1n) is 6.80. The van der Waals surface area contributed by atoms with Crippen LogP contribution in [0.4, 0.5) is 5.69 Å². The lowest BCUT2D eigenvalue weighted by atomic mass is 10.2. The fraction of sp³-hybridized carbons (Fsp3) is 0.400. The van der Waals surface area contributed by atoms with Gasteiger partial charge < -0.3 is 5.32 Å². The average molecular weight is 357 g/mol. The highest BCUT2D eigenvalue weighted by Gasteiger charge is 2.13. The van der Waals surface area contributed by atoms with E-state index in [0.717, 1.165) is 39.5 Å². The van der Waals surface area contributed by atoms with E-state index >= 15 is 0 Å². The number of hydrogen-bond acceptors (Lipinski definition) is 2. The largest absolute Gasteiger partial charge is 0.379 e. The molecule has 0 amide bonds. The van der Waals surface area contributed by atoms with Crippen LogP contribution in [0.3, 0.4) is 0 Å². The van der Waals surface area contributed by atoms with Crippen molar-refractivity contribution in [2.24, 2.45) is 0 Å². The molecule has 0 atom stereocenters. The summed E-state index contributed by atoms with van der Waals surface area (Å²) in [5.41, 5.74) is 4.31. The number of nitrogens with one attached hydrogen (secondary N) is 1. The van der Waals surface area contributed by atoms with Crippen LogP contribution in [0.2, 0.25) is 5.02 Å². The predicted octanol–water partition coefficient (Wildman–Crippen LogP) is 4.80. The lowest BCUT2D eigenvalue weighted by Gasteiger charge is -2.10. The summed E-state index contributed by atoms with van der Waals surface area (Å²) in [5.74, 6) is 0. The standard InChI is InChI=1S/C15H19BrClN3/c1-4-13-15(17)14(20(5-2)19-13)9-18-11-6-7-12(16)10(3)8-11/h6-8,18H,4-5,9H2,1-3H3. The van der Waals surface area contributed by atoms with Gasteiger partial charge in [-0.2, -0.15) is 5.10 Å². The van der Waals surface area contributed by atoms with Crippen LogP contribution >= 0.6 is 27.5 Å². The van der Waals surface area contributed by atoms with Gasteiger partial charge in [-0.3, -0.25) is 4.68 Å². The molecule has 2 aromatic rings. The minimum atomic E-state index is 0.681. The Morgan fingerprint density at radius 3 is 2.70 bits per heavy atom. The molecule has 0 aliphatic heterocycles. The van der Waals surface area contributed by atoms with Crippen molar-refractivity contribution in [2.75, 3.05) is 5.32 Å². The van der Waals surface area contributed by atoms with Gasteiger partial charge in [-0.15, -0.1) is 0 Å². The third-order valence-corrected chi connectivity index (χ3v) is 4.64. The van der Waals surface area contributed by atoms with Crippen LogP contribution < -0.4 is 5.32 Å². The third kappa shape index (κ3) is 3.18. The van der Waals surface area contributed by atoms with Crippen LogP contribution in [0.25, 0.3) is 0 Å². The molecular formula is C15H19BrClN3. The van der Waals surface area contributed by atoms with Gasteiger partial charge in [0, 0.05) is 16.7 Å². The van der Waals surface area contributed by atoms with E-state index in [1.54, 1.807) is 0 Å². The molecule has 0 aliphatic carbocycles. The fourth-order valence-corrected chi connectivity index (χ4v) is 2.71. The van der Waals surface area contributed by atoms with Crippen LogP contribution in [0.1, 0.15) is 30.8 Å². The number of aromatic nitrogens is 2. The summed E-state index contributed by atoms with van der Waals surface area (Å²) >= 11 is 9.91. The highest BCUT2D eigenvalue weighted by molar-refractivity contribution is 9.10. The lowest BCUT2D eigenvalue weighted by Crippen LogP contribution is -2.08. The van der Waals surface area contributed by atoms with Crippen LogP contribution in [-0.4, -0.2) is 9.78 Å². The minimum absolute atomic E-state index is 0.681. The van der Waals surface area contributed by atoms with Gasteiger partial charge in [0.1, 0.15) is 0 Å². The zero-order valence-electron chi connectivity index (χ0n) is 12.0.